The second-order valence-electron chi connectivity index (χ2n) is 4.80. The number of thiocarbonyl (C=S) groups is 1. The number of fused-ring (bicyclic) bond motifs is 1. The maximum Gasteiger partial charge on any atom is 0.257 e. The molecule has 2 aromatic rings. The molecule has 0 bridgehead atoms. The van der Waals surface area contributed by atoms with Crippen molar-refractivity contribution in [2.45, 2.75) is 6.04 Å². The minimum absolute atomic E-state index is 0.116. The van der Waals surface area contributed by atoms with Crippen molar-refractivity contribution in [3.8, 4) is 0 Å². The molecule has 0 aromatic heterocycles. The minimum atomic E-state index is -0.597. The SMILES string of the molecule is O=C(NC(=S)N[C@H]1C(=O)Nc2ccccc21)c1ccccc1. The van der Waals surface area contributed by atoms with Crippen LogP contribution >= 0.6 is 12.2 Å². The van der Waals surface area contributed by atoms with Gasteiger partial charge in [0.1, 0.15) is 6.04 Å². The molecule has 0 radical (unpaired) electrons. The summed E-state index contributed by atoms with van der Waals surface area (Å²) in [6.45, 7) is 0. The fourth-order valence-electron chi connectivity index (χ4n) is 2.28. The minimum Gasteiger partial charge on any atom is -0.347 e. The van der Waals surface area contributed by atoms with Crippen LogP contribution in [-0.2, 0) is 4.79 Å². The standard InChI is InChI=1S/C16H13N3O2S/c20-14(10-6-2-1-3-7-10)19-16(22)18-13-11-8-4-5-9-12(11)17-15(13)21/h1-9,13H,(H,17,21)(H2,18,19,20,22)/t13-/m1/s1. The van der Waals surface area contributed by atoms with Gasteiger partial charge in [-0.05, 0) is 30.4 Å². The van der Waals surface area contributed by atoms with Crippen LogP contribution in [0.5, 0.6) is 0 Å². The summed E-state index contributed by atoms with van der Waals surface area (Å²) in [5.41, 5.74) is 2.06. The zero-order chi connectivity index (χ0) is 15.5. The van der Waals surface area contributed by atoms with E-state index in [4.69, 9.17) is 12.2 Å². The number of anilines is 1. The maximum atomic E-state index is 12.0. The monoisotopic (exact) mass is 311 g/mol. The molecule has 5 nitrogen and oxygen atoms in total. The highest BCUT2D eigenvalue weighted by molar-refractivity contribution is 7.80. The topological polar surface area (TPSA) is 70.2 Å². The number of carbonyl (C=O) groups is 2. The lowest BCUT2D eigenvalue weighted by Crippen LogP contribution is -2.42. The lowest BCUT2D eigenvalue weighted by molar-refractivity contribution is -0.117. The smallest absolute Gasteiger partial charge is 0.257 e. The highest BCUT2D eigenvalue weighted by Gasteiger charge is 2.30. The number of para-hydroxylation sites is 1. The first-order chi connectivity index (χ1) is 10.6. The molecule has 2 aromatic carbocycles. The summed E-state index contributed by atoms with van der Waals surface area (Å²) in [6.07, 6.45) is 0. The second-order valence-corrected chi connectivity index (χ2v) is 5.21. The van der Waals surface area contributed by atoms with E-state index in [0.29, 0.717) is 5.56 Å². The average Bonchev–Trinajstić information content (AvgIpc) is 2.84. The molecule has 0 fully saturated rings. The molecule has 0 saturated carbocycles. The average molecular weight is 311 g/mol. The summed E-state index contributed by atoms with van der Waals surface area (Å²) in [7, 11) is 0. The van der Waals surface area contributed by atoms with E-state index in [1.54, 1.807) is 24.3 Å². The van der Waals surface area contributed by atoms with Gasteiger partial charge in [-0.1, -0.05) is 36.4 Å². The number of amides is 2. The van der Waals surface area contributed by atoms with Crippen molar-refractivity contribution in [3.05, 3.63) is 65.7 Å². The van der Waals surface area contributed by atoms with Crippen LogP contribution in [0.4, 0.5) is 5.69 Å². The van der Waals surface area contributed by atoms with Crippen molar-refractivity contribution < 1.29 is 9.59 Å². The maximum absolute atomic E-state index is 12.0. The fourth-order valence-corrected chi connectivity index (χ4v) is 2.49. The van der Waals surface area contributed by atoms with Gasteiger partial charge in [-0.3, -0.25) is 14.9 Å². The normalized spacial score (nSPS) is 15.6. The van der Waals surface area contributed by atoms with Crippen molar-refractivity contribution in [3.63, 3.8) is 0 Å². The molecule has 1 aliphatic rings. The van der Waals surface area contributed by atoms with Gasteiger partial charge in [0.2, 0.25) is 0 Å². The van der Waals surface area contributed by atoms with Gasteiger partial charge < -0.3 is 10.6 Å². The van der Waals surface area contributed by atoms with Crippen LogP contribution in [0.1, 0.15) is 22.0 Å². The van der Waals surface area contributed by atoms with Gasteiger partial charge in [0.15, 0.2) is 5.11 Å². The molecule has 22 heavy (non-hydrogen) atoms. The predicted octanol–water partition coefficient (Wildman–Crippen LogP) is 1.98. The lowest BCUT2D eigenvalue weighted by Gasteiger charge is -2.14. The van der Waals surface area contributed by atoms with E-state index in [1.807, 2.05) is 30.3 Å². The number of hydrogen-bond acceptors (Lipinski definition) is 3. The summed E-state index contributed by atoms with van der Waals surface area (Å²) in [5.74, 6) is -0.512. The molecule has 3 rings (SSSR count). The summed E-state index contributed by atoms with van der Waals surface area (Å²) in [6, 6.07) is 15.5. The lowest BCUT2D eigenvalue weighted by atomic mass is 10.1. The van der Waals surface area contributed by atoms with Gasteiger partial charge in [-0.15, -0.1) is 0 Å². The molecule has 0 saturated heterocycles. The van der Waals surface area contributed by atoms with E-state index in [9.17, 15) is 9.59 Å². The number of hydrogen-bond donors (Lipinski definition) is 3. The quantitative estimate of drug-likeness (QED) is 0.742. The highest BCUT2D eigenvalue weighted by atomic mass is 32.1. The van der Waals surface area contributed by atoms with Crippen molar-refractivity contribution >= 4 is 34.8 Å². The summed E-state index contributed by atoms with van der Waals surface area (Å²) < 4.78 is 0. The molecule has 110 valence electrons. The highest BCUT2D eigenvalue weighted by Crippen LogP contribution is 2.29. The van der Waals surface area contributed by atoms with Crippen molar-refractivity contribution in [1.29, 1.82) is 0 Å². The first-order valence-corrected chi connectivity index (χ1v) is 7.12. The van der Waals surface area contributed by atoms with Crippen molar-refractivity contribution in [2.75, 3.05) is 5.32 Å². The first-order valence-electron chi connectivity index (χ1n) is 6.72. The predicted molar refractivity (Wildman–Crippen MR) is 87.5 cm³/mol. The molecule has 2 amide bonds. The van der Waals surface area contributed by atoms with E-state index in [-0.39, 0.29) is 16.9 Å². The molecule has 1 aliphatic heterocycles. The molecule has 1 atom stereocenters. The Morgan fingerprint density at radius 3 is 2.50 bits per heavy atom. The third kappa shape index (κ3) is 2.82. The Hall–Kier alpha value is -2.73. The first kappa shape index (κ1) is 14.2. The molecule has 3 N–H and O–H groups in total. The number of carbonyl (C=O) groups excluding carboxylic acids is 2. The Kier molecular flexibility index (Phi) is 3.84. The van der Waals surface area contributed by atoms with E-state index < -0.39 is 6.04 Å². The zero-order valence-corrected chi connectivity index (χ0v) is 12.3. The number of nitrogens with one attached hydrogen (secondary N) is 3. The molecular formula is C16H13N3O2S. The van der Waals surface area contributed by atoms with Crippen LogP contribution in [0.15, 0.2) is 54.6 Å². The summed E-state index contributed by atoms with van der Waals surface area (Å²) >= 11 is 5.13. The van der Waals surface area contributed by atoms with Gasteiger partial charge in [0.25, 0.3) is 11.8 Å². The van der Waals surface area contributed by atoms with E-state index in [2.05, 4.69) is 16.0 Å². The van der Waals surface area contributed by atoms with Gasteiger partial charge in [0.05, 0.1) is 0 Å². The zero-order valence-electron chi connectivity index (χ0n) is 11.5. The Labute approximate surface area is 132 Å². The van der Waals surface area contributed by atoms with Gasteiger partial charge >= 0.3 is 0 Å². The van der Waals surface area contributed by atoms with Crippen LogP contribution in [-0.4, -0.2) is 16.9 Å². The molecule has 0 unspecified atom stereocenters. The van der Waals surface area contributed by atoms with E-state index in [0.717, 1.165) is 11.3 Å². The van der Waals surface area contributed by atoms with Crippen LogP contribution in [0, 0.1) is 0 Å². The Bertz CT molecular complexity index is 746. The van der Waals surface area contributed by atoms with Crippen LogP contribution in [0.25, 0.3) is 0 Å². The largest absolute Gasteiger partial charge is 0.347 e. The van der Waals surface area contributed by atoms with E-state index >= 15 is 0 Å². The fraction of sp³-hybridized carbons (Fsp3) is 0.0625. The van der Waals surface area contributed by atoms with Gasteiger partial charge in [-0.2, -0.15) is 0 Å². The number of benzene rings is 2. The van der Waals surface area contributed by atoms with Crippen LogP contribution < -0.4 is 16.0 Å². The Balaban J connectivity index is 1.68. The molecule has 0 spiro atoms. The van der Waals surface area contributed by atoms with Gasteiger partial charge in [-0.25, -0.2) is 0 Å². The van der Waals surface area contributed by atoms with Gasteiger partial charge in [0, 0.05) is 16.8 Å². The van der Waals surface area contributed by atoms with Crippen LogP contribution in [0.2, 0.25) is 0 Å². The third-order valence-electron chi connectivity index (χ3n) is 3.33. The molecule has 0 aliphatic carbocycles. The Morgan fingerprint density at radius 1 is 1.05 bits per heavy atom. The summed E-state index contributed by atoms with van der Waals surface area (Å²) in [4.78, 5) is 24.0. The summed E-state index contributed by atoms with van der Waals surface area (Å²) in [5, 5.41) is 8.33. The Morgan fingerprint density at radius 2 is 1.73 bits per heavy atom. The number of rotatable bonds is 2. The van der Waals surface area contributed by atoms with Crippen LogP contribution in [0.3, 0.4) is 0 Å². The van der Waals surface area contributed by atoms with E-state index in [1.165, 1.54) is 0 Å². The van der Waals surface area contributed by atoms with Crippen molar-refractivity contribution in [1.82, 2.24) is 10.6 Å². The van der Waals surface area contributed by atoms with Crippen molar-refractivity contribution in [2.24, 2.45) is 0 Å². The second kappa shape index (κ2) is 5.95. The third-order valence-corrected chi connectivity index (χ3v) is 3.55. The molecule has 6 heteroatoms. The molecule has 1 heterocycles. The molecular weight excluding hydrogens is 298 g/mol.